The van der Waals surface area contributed by atoms with E-state index in [9.17, 15) is 15.0 Å². The van der Waals surface area contributed by atoms with Crippen LogP contribution in [0.15, 0.2) is 60.2 Å². The van der Waals surface area contributed by atoms with Crippen molar-refractivity contribution in [2.24, 2.45) is 5.92 Å². The molecular formula is C23H26ClNO3. The van der Waals surface area contributed by atoms with E-state index in [0.717, 1.165) is 30.5 Å². The van der Waals surface area contributed by atoms with Gasteiger partial charge in [-0.1, -0.05) is 36.4 Å². The van der Waals surface area contributed by atoms with Gasteiger partial charge in [0.05, 0.1) is 5.56 Å². The van der Waals surface area contributed by atoms with Gasteiger partial charge in [0.15, 0.2) is 0 Å². The maximum Gasteiger partial charge on any atom is 0.335 e. The topological polar surface area (TPSA) is 60.8 Å². The fourth-order valence-electron chi connectivity index (χ4n) is 3.61. The van der Waals surface area contributed by atoms with Crippen molar-refractivity contribution < 1.29 is 15.0 Å². The highest BCUT2D eigenvalue weighted by molar-refractivity contribution is 5.88. The molecule has 3 rings (SSSR count). The van der Waals surface area contributed by atoms with E-state index in [-0.39, 0.29) is 18.2 Å². The fraction of sp³-hybridized carbons (Fsp3) is 0.261. The molecule has 4 nitrogen and oxygen atoms in total. The van der Waals surface area contributed by atoms with Gasteiger partial charge in [0.2, 0.25) is 0 Å². The third-order valence-corrected chi connectivity index (χ3v) is 4.81. The Bertz CT molecular complexity index is 902. The smallest absolute Gasteiger partial charge is 0.335 e. The van der Waals surface area contributed by atoms with Crippen LogP contribution in [0.25, 0.3) is 11.6 Å². The van der Waals surface area contributed by atoms with Crippen LogP contribution in [0.1, 0.15) is 34.3 Å². The Labute approximate surface area is 172 Å². The Balaban J connectivity index is 0.00000280. The summed E-state index contributed by atoms with van der Waals surface area (Å²) >= 11 is 0. The first kappa shape index (κ1) is 21.7. The van der Waals surface area contributed by atoms with Gasteiger partial charge in [0, 0.05) is 6.54 Å². The van der Waals surface area contributed by atoms with Crippen LogP contribution in [0, 0.1) is 5.92 Å². The number of nitrogens with zero attached hydrogens (tertiary/aromatic N) is 1. The SMILES string of the molecule is CN(C)CC1CCC(=Cc2cccc(C(=O)O)c2)C=C1c1cccc(O)c1.Cl. The Kier molecular flexibility index (Phi) is 7.44. The van der Waals surface area contributed by atoms with Gasteiger partial charge < -0.3 is 15.1 Å². The maximum atomic E-state index is 11.2. The highest BCUT2D eigenvalue weighted by Gasteiger charge is 2.22. The summed E-state index contributed by atoms with van der Waals surface area (Å²) in [5.74, 6) is -0.257. The maximum absolute atomic E-state index is 11.2. The van der Waals surface area contributed by atoms with Crippen molar-refractivity contribution in [3.8, 4) is 5.75 Å². The number of hydrogen-bond donors (Lipinski definition) is 2. The third-order valence-electron chi connectivity index (χ3n) is 4.81. The number of phenolic OH excluding ortho intramolecular Hbond substituents is 1. The van der Waals surface area contributed by atoms with Crippen molar-refractivity contribution in [1.29, 1.82) is 0 Å². The molecule has 0 heterocycles. The molecule has 1 atom stereocenters. The van der Waals surface area contributed by atoms with E-state index in [2.05, 4.69) is 31.1 Å². The van der Waals surface area contributed by atoms with E-state index in [1.165, 1.54) is 11.1 Å². The van der Waals surface area contributed by atoms with Crippen molar-refractivity contribution in [2.45, 2.75) is 12.8 Å². The van der Waals surface area contributed by atoms with Crippen LogP contribution in [-0.2, 0) is 0 Å². The van der Waals surface area contributed by atoms with E-state index in [4.69, 9.17) is 0 Å². The van der Waals surface area contributed by atoms with Gasteiger partial charge in [-0.3, -0.25) is 0 Å². The highest BCUT2D eigenvalue weighted by atomic mass is 35.5. The normalized spacial score (nSPS) is 17.9. The van der Waals surface area contributed by atoms with E-state index < -0.39 is 5.97 Å². The van der Waals surface area contributed by atoms with Crippen molar-refractivity contribution in [3.05, 3.63) is 76.9 Å². The van der Waals surface area contributed by atoms with Crippen LogP contribution in [-0.4, -0.2) is 41.7 Å². The van der Waals surface area contributed by atoms with Crippen molar-refractivity contribution in [1.82, 2.24) is 4.90 Å². The van der Waals surface area contributed by atoms with Crippen LogP contribution in [0.3, 0.4) is 0 Å². The molecule has 2 N–H and O–H groups in total. The number of carboxylic acids is 1. The number of rotatable bonds is 5. The Morgan fingerprint density at radius 3 is 2.61 bits per heavy atom. The average molecular weight is 400 g/mol. The standard InChI is InChI=1S/C23H25NO3.ClH/c1-24(2)15-20-10-9-17(11-16-5-3-7-19(12-16)23(26)27)13-22(20)18-6-4-8-21(25)14-18;/h3-8,11-14,20,25H,9-10,15H2,1-2H3,(H,26,27);1H. The lowest BCUT2D eigenvalue weighted by Crippen LogP contribution is -2.24. The van der Waals surface area contributed by atoms with Crippen molar-refractivity contribution in [3.63, 3.8) is 0 Å². The Morgan fingerprint density at radius 2 is 1.93 bits per heavy atom. The largest absolute Gasteiger partial charge is 0.508 e. The Hall–Kier alpha value is -2.56. The number of halogens is 1. The summed E-state index contributed by atoms with van der Waals surface area (Å²) in [5, 5.41) is 19.1. The van der Waals surface area contributed by atoms with Crippen LogP contribution < -0.4 is 0 Å². The van der Waals surface area contributed by atoms with E-state index in [0.29, 0.717) is 11.5 Å². The molecule has 2 aromatic rings. The molecule has 0 bridgehead atoms. The number of phenols is 1. The number of benzene rings is 2. The molecule has 5 heteroatoms. The second-order valence-electron chi connectivity index (χ2n) is 7.30. The molecule has 0 radical (unpaired) electrons. The number of carboxylic acid groups (broad SMARTS) is 1. The van der Waals surface area contributed by atoms with Gasteiger partial charge in [-0.15, -0.1) is 12.4 Å². The van der Waals surface area contributed by atoms with Crippen molar-refractivity contribution in [2.75, 3.05) is 20.6 Å². The molecule has 1 aliphatic carbocycles. The fourth-order valence-corrected chi connectivity index (χ4v) is 3.61. The van der Waals surface area contributed by atoms with E-state index in [1.54, 1.807) is 24.3 Å². The lowest BCUT2D eigenvalue weighted by atomic mass is 9.81. The predicted molar refractivity (Wildman–Crippen MR) is 116 cm³/mol. The zero-order chi connectivity index (χ0) is 19.4. The van der Waals surface area contributed by atoms with Crippen LogP contribution >= 0.6 is 12.4 Å². The first-order valence-corrected chi connectivity index (χ1v) is 9.12. The molecule has 1 unspecified atom stereocenters. The minimum Gasteiger partial charge on any atom is -0.508 e. The van der Waals surface area contributed by atoms with Crippen LogP contribution in [0.5, 0.6) is 5.75 Å². The van der Waals surface area contributed by atoms with Gasteiger partial charge in [0.25, 0.3) is 0 Å². The molecule has 0 amide bonds. The van der Waals surface area contributed by atoms with Gasteiger partial charge in [-0.05, 0) is 79.4 Å². The third kappa shape index (κ3) is 5.47. The monoisotopic (exact) mass is 399 g/mol. The number of carbonyl (C=O) groups is 1. The zero-order valence-corrected chi connectivity index (χ0v) is 16.9. The van der Waals surface area contributed by atoms with Crippen molar-refractivity contribution >= 4 is 30.0 Å². The molecular weight excluding hydrogens is 374 g/mol. The summed E-state index contributed by atoms with van der Waals surface area (Å²) in [7, 11) is 4.14. The second kappa shape index (κ2) is 9.58. The summed E-state index contributed by atoms with van der Waals surface area (Å²) in [6.07, 6.45) is 6.21. The lowest BCUT2D eigenvalue weighted by molar-refractivity contribution is 0.0697. The first-order chi connectivity index (χ1) is 12.9. The summed E-state index contributed by atoms with van der Waals surface area (Å²) in [6, 6.07) is 14.4. The minimum absolute atomic E-state index is 0. The number of aromatic carboxylic acids is 1. The molecule has 28 heavy (non-hydrogen) atoms. The second-order valence-corrected chi connectivity index (χ2v) is 7.30. The van der Waals surface area contributed by atoms with E-state index >= 15 is 0 Å². The lowest BCUT2D eigenvalue weighted by Gasteiger charge is -2.28. The number of aromatic hydroxyl groups is 1. The molecule has 0 aliphatic heterocycles. The molecule has 0 saturated carbocycles. The summed E-state index contributed by atoms with van der Waals surface area (Å²) in [5.41, 5.74) is 4.61. The molecule has 0 saturated heterocycles. The molecule has 0 spiro atoms. The van der Waals surface area contributed by atoms with Gasteiger partial charge in [0.1, 0.15) is 5.75 Å². The molecule has 1 aliphatic rings. The average Bonchev–Trinajstić information content (AvgIpc) is 2.63. The minimum atomic E-state index is -0.916. The number of allylic oxidation sites excluding steroid dienone is 2. The number of hydrogen-bond acceptors (Lipinski definition) is 3. The molecule has 0 aromatic heterocycles. The van der Waals surface area contributed by atoms with Gasteiger partial charge in [-0.25, -0.2) is 4.79 Å². The zero-order valence-electron chi connectivity index (χ0n) is 16.1. The molecule has 148 valence electrons. The van der Waals surface area contributed by atoms with E-state index in [1.807, 2.05) is 24.3 Å². The van der Waals surface area contributed by atoms with Gasteiger partial charge in [-0.2, -0.15) is 0 Å². The van der Waals surface area contributed by atoms with Crippen LogP contribution in [0.2, 0.25) is 0 Å². The summed E-state index contributed by atoms with van der Waals surface area (Å²) < 4.78 is 0. The molecule has 2 aromatic carbocycles. The predicted octanol–water partition coefficient (Wildman–Crippen LogP) is 4.95. The Morgan fingerprint density at radius 1 is 1.18 bits per heavy atom. The highest BCUT2D eigenvalue weighted by Crippen LogP contribution is 2.36. The van der Waals surface area contributed by atoms with Crippen LogP contribution in [0.4, 0.5) is 0 Å². The quantitative estimate of drug-likeness (QED) is 0.746. The first-order valence-electron chi connectivity index (χ1n) is 9.12. The summed E-state index contributed by atoms with van der Waals surface area (Å²) in [4.78, 5) is 13.4. The van der Waals surface area contributed by atoms with Gasteiger partial charge >= 0.3 is 5.97 Å². The summed E-state index contributed by atoms with van der Waals surface area (Å²) in [6.45, 7) is 0.948. The molecule has 0 fully saturated rings.